The van der Waals surface area contributed by atoms with Crippen LogP contribution in [0, 0.1) is 5.82 Å². The molecule has 0 atom stereocenters. The summed E-state index contributed by atoms with van der Waals surface area (Å²) in [6.07, 6.45) is 3.62. The minimum Gasteiger partial charge on any atom is -0.436 e. The molecule has 0 radical (unpaired) electrons. The quantitative estimate of drug-likeness (QED) is 0.303. The van der Waals surface area contributed by atoms with Gasteiger partial charge in [-0.05, 0) is 58.8 Å². The lowest BCUT2D eigenvalue weighted by Gasteiger charge is -2.07. The minimum atomic E-state index is -0.254. The zero-order valence-corrected chi connectivity index (χ0v) is 17.5. The lowest BCUT2D eigenvalue weighted by molar-refractivity contribution is 0.589. The molecule has 5 heteroatoms. The third kappa shape index (κ3) is 3.08. The third-order valence-corrected chi connectivity index (χ3v) is 6.04. The van der Waals surface area contributed by atoms with E-state index in [-0.39, 0.29) is 5.82 Å². The average molecular weight is 439 g/mol. The fourth-order valence-electron chi connectivity index (χ4n) is 4.16. The molecular formula is C27H16ClFN2O. The highest BCUT2D eigenvalue weighted by molar-refractivity contribution is 6.33. The van der Waals surface area contributed by atoms with Crippen LogP contribution in [0.4, 0.5) is 4.39 Å². The van der Waals surface area contributed by atoms with Crippen LogP contribution in [0.2, 0.25) is 5.02 Å². The van der Waals surface area contributed by atoms with Crippen molar-refractivity contribution in [1.29, 1.82) is 0 Å². The molecule has 154 valence electrons. The molecule has 6 rings (SSSR count). The maximum absolute atomic E-state index is 13.6. The van der Waals surface area contributed by atoms with Gasteiger partial charge >= 0.3 is 0 Å². The van der Waals surface area contributed by atoms with Crippen LogP contribution in [0.1, 0.15) is 0 Å². The summed E-state index contributed by atoms with van der Waals surface area (Å²) in [6, 6.07) is 24.7. The number of aromatic amines is 1. The summed E-state index contributed by atoms with van der Waals surface area (Å²) in [5, 5.41) is 3.71. The molecule has 4 aromatic carbocycles. The first-order chi connectivity index (χ1) is 15.7. The van der Waals surface area contributed by atoms with E-state index in [1.165, 1.54) is 12.1 Å². The van der Waals surface area contributed by atoms with E-state index in [1.54, 1.807) is 12.3 Å². The van der Waals surface area contributed by atoms with Crippen LogP contribution < -0.4 is 0 Å². The third-order valence-electron chi connectivity index (χ3n) is 5.71. The topological polar surface area (TPSA) is 41.8 Å². The molecule has 0 aliphatic carbocycles. The number of aromatic nitrogens is 2. The molecular weight excluding hydrogens is 423 g/mol. The first kappa shape index (κ1) is 18.8. The summed E-state index contributed by atoms with van der Waals surface area (Å²) in [5.41, 5.74) is 4.58. The van der Waals surface area contributed by atoms with Gasteiger partial charge in [-0.1, -0.05) is 48.0 Å². The van der Waals surface area contributed by atoms with E-state index in [1.807, 2.05) is 42.6 Å². The Morgan fingerprint density at radius 3 is 2.56 bits per heavy atom. The first-order valence-corrected chi connectivity index (χ1v) is 10.6. The van der Waals surface area contributed by atoms with E-state index >= 15 is 0 Å². The Balaban J connectivity index is 1.44. The molecule has 0 bridgehead atoms. The van der Waals surface area contributed by atoms with Gasteiger partial charge < -0.3 is 9.40 Å². The van der Waals surface area contributed by atoms with Crippen LogP contribution in [0.5, 0.6) is 0 Å². The predicted molar refractivity (Wildman–Crippen MR) is 127 cm³/mol. The van der Waals surface area contributed by atoms with Crippen LogP contribution in [0.25, 0.3) is 55.6 Å². The molecule has 0 amide bonds. The summed E-state index contributed by atoms with van der Waals surface area (Å²) in [7, 11) is 0. The highest BCUT2D eigenvalue weighted by atomic mass is 35.5. The molecule has 0 aliphatic rings. The molecule has 0 fully saturated rings. The summed E-state index contributed by atoms with van der Waals surface area (Å²) >= 11 is 6.31. The summed E-state index contributed by atoms with van der Waals surface area (Å²) in [6.45, 7) is 0. The Labute approximate surface area is 188 Å². The Bertz CT molecular complexity index is 1620. The van der Waals surface area contributed by atoms with E-state index in [0.29, 0.717) is 16.7 Å². The molecule has 6 aromatic rings. The highest BCUT2D eigenvalue weighted by Crippen LogP contribution is 2.36. The number of fused-ring (bicyclic) bond motifs is 2. The molecule has 1 N–H and O–H groups in total. The molecule has 32 heavy (non-hydrogen) atoms. The maximum atomic E-state index is 13.6. The highest BCUT2D eigenvalue weighted by Gasteiger charge is 2.14. The number of hydrogen-bond acceptors (Lipinski definition) is 2. The van der Waals surface area contributed by atoms with Crippen LogP contribution in [-0.4, -0.2) is 9.97 Å². The van der Waals surface area contributed by atoms with Crippen molar-refractivity contribution in [3.63, 3.8) is 0 Å². The smallest absolute Gasteiger partial charge is 0.227 e. The minimum absolute atomic E-state index is 0.254. The first-order valence-electron chi connectivity index (χ1n) is 10.2. The normalized spacial score (nSPS) is 11.4. The molecule has 2 aromatic heterocycles. The average Bonchev–Trinajstić information content (AvgIpc) is 3.46. The second-order valence-corrected chi connectivity index (χ2v) is 8.05. The lowest BCUT2D eigenvalue weighted by atomic mass is 9.98. The zero-order valence-electron chi connectivity index (χ0n) is 16.8. The molecule has 2 heterocycles. The van der Waals surface area contributed by atoms with E-state index in [0.717, 1.165) is 43.9 Å². The number of oxazole rings is 1. The van der Waals surface area contributed by atoms with Crippen molar-refractivity contribution in [3.05, 3.63) is 102 Å². The fraction of sp³-hybridized carbons (Fsp3) is 0. The van der Waals surface area contributed by atoms with Crippen molar-refractivity contribution in [2.45, 2.75) is 0 Å². The Morgan fingerprint density at radius 1 is 0.812 bits per heavy atom. The molecule has 3 nitrogen and oxygen atoms in total. The van der Waals surface area contributed by atoms with Crippen molar-refractivity contribution in [2.24, 2.45) is 0 Å². The van der Waals surface area contributed by atoms with E-state index in [2.05, 4.69) is 34.2 Å². The van der Waals surface area contributed by atoms with Gasteiger partial charge in [-0.15, -0.1) is 0 Å². The lowest BCUT2D eigenvalue weighted by Crippen LogP contribution is -1.83. The molecule has 0 unspecified atom stereocenters. The number of H-pyrrole nitrogens is 1. The standard InChI is InChI=1S/C27H16ClFN2O/c28-24-7-2-1-5-22(24)26-15-31-27(32-26)21-6-3-4-16-12-17(8-10-19(16)21)23-14-30-25-13-18(29)9-11-20(23)25/h1-15,30H. The van der Waals surface area contributed by atoms with Crippen molar-refractivity contribution in [3.8, 4) is 33.9 Å². The van der Waals surface area contributed by atoms with Gasteiger partial charge in [0.2, 0.25) is 5.89 Å². The van der Waals surface area contributed by atoms with E-state index in [4.69, 9.17) is 16.0 Å². The van der Waals surface area contributed by atoms with Gasteiger partial charge in [-0.3, -0.25) is 0 Å². The zero-order chi connectivity index (χ0) is 21.7. The summed E-state index contributed by atoms with van der Waals surface area (Å²) in [5.74, 6) is 0.919. The van der Waals surface area contributed by atoms with Crippen molar-refractivity contribution in [1.82, 2.24) is 9.97 Å². The monoisotopic (exact) mass is 438 g/mol. The number of halogens is 2. The van der Waals surface area contributed by atoms with Crippen LogP contribution in [0.15, 0.2) is 95.7 Å². The van der Waals surface area contributed by atoms with E-state index in [9.17, 15) is 4.39 Å². The Morgan fingerprint density at radius 2 is 1.66 bits per heavy atom. The molecule has 0 saturated carbocycles. The van der Waals surface area contributed by atoms with Crippen LogP contribution >= 0.6 is 11.6 Å². The van der Waals surface area contributed by atoms with Crippen LogP contribution in [-0.2, 0) is 0 Å². The number of rotatable bonds is 3. The molecule has 0 aliphatic heterocycles. The van der Waals surface area contributed by atoms with Crippen molar-refractivity contribution < 1.29 is 8.81 Å². The van der Waals surface area contributed by atoms with Gasteiger partial charge in [-0.2, -0.15) is 0 Å². The van der Waals surface area contributed by atoms with Gasteiger partial charge in [0.25, 0.3) is 0 Å². The van der Waals surface area contributed by atoms with Crippen LogP contribution in [0.3, 0.4) is 0 Å². The Hall–Kier alpha value is -3.89. The predicted octanol–water partition coefficient (Wildman–Crippen LogP) is 8.10. The maximum Gasteiger partial charge on any atom is 0.227 e. The number of hydrogen-bond donors (Lipinski definition) is 1. The number of nitrogens with one attached hydrogen (secondary N) is 1. The van der Waals surface area contributed by atoms with Gasteiger partial charge in [0, 0.05) is 33.8 Å². The van der Waals surface area contributed by atoms with Gasteiger partial charge in [0.15, 0.2) is 5.76 Å². The van der Waals surface area contributed by atoms with E-state index < -0.39 is 0 Å². The van der Waals surface area contributed by atoms with Gasteiger partial charge in [-0.25, -0.2) is 9.37 Å². The van der Waals surface area contributed by atoms with Crippen molar-refractivity contribution >= 4 is 33.3 Å². The fourth-order valence-corrected chi connectivity index (χ4v) is 4.39. The summed E-state index contributed by atoms with van der Waals surface area (Å²) in [4.78, 5) is 7.67. The van der Waals surface area contributed by atoms with Gasteiger partial charge in [0.1, 0.15) is 5.82 Å². The molecule has 0 saturated heterocycles. The van der Waals surface area contributed by atoms with Crippen molar-refractivity contribution in [2.75, 3.05) is 0 Å². The van der Waals surface area contributed by atoms with Gasteiger partial charge in [0.05, 0.1) is 11.2 Å². The summed E-state index contributed by atoms with van der Waals surface area (Å²) < 4.78 is 19.6. The second kappa shape index (κ2) is 7.36. The second-order valence-electron chi connectivity index (χ2n) is 7.64. The number of benzene rings is 4. The Kier molecular flexibility index (Phi) is 4.33. The SMILES string of the molecule is Fc1ccc2c(-c3ccc4c(-c5ncc(-c6ccccc6Cl)o5)cccc4c3)c[nH]c2c1. The largest absolute Gasteiger partial charge is 0.436 e. The molecule has 0 spiro atoms. The number of nitrogens with zero attached hydrogens (tertiary/aromatic N) is 1.